The van der Waals surface area contributed by atoms with Crippen LogP contribution in [0, 0.1) is 5.92 Å². The van der Waals surface area contributed by atoms with Gasteiger partial charge in [0, 0.05) is 6.04 Å². The molecule has 21 heavy (non-hydrogen) atoms. The van der Waals surface area contributed by atoms with Crippen LogP contribution in [-0.4, -0.2) is 19.9 Å². The maximum atomic E-state index is 12.6. The second-order valence-electron chi connectivity index (χ2n) is 5.32. The van der Waals surface area contributed by atoms with Crippen LogP contribution in [-0.2, 0) is 16.0 Å². The number of benzene rings is 1. The van der Waals surface area contributed by atoms with E-state index in [1.165, 1.54) is 12.1 Å². The van der Waals surface area contributed by atoms with Gasteiger partial charge in [0.2, 0.25) is 0 Å². The number of alkyl halides is 3. The van der Waals surface area contributed by atoms with Crippen LogP contribution < -0.4 is 5.73 Å². The van der Waals surface area contributed by atoms with Crippen molar-refractivity contribution in [2.24, 2.45) is 11.7 Å². The van der Waals surface area contributed by atoms with Gasteiger partial charge in [0.05, 0.1) is 17.1 Å². The van der Waals surface area contributed by atoms with E-state index in [0.717, 1.165) is 18.6 Å². The van der Waals surface area contributed by atoms with E-state index in [0.29, 0.717) is 0 Å². The van der Waals surface area contributed by atoms with Crippen LogP contribution in [0.25, 0.3) is 0 Å². The number of nitrogens with two attached hydrogens (primary N) is 1. The third kappa shape index (κ3) is 5.67. The molecule has 0 radical (unpaired) electrons. The van der Waals surface area contributed by atoms with Crippen molar-refractivity contribution in [1.82, 2.24) is 0 Å². The molecule has 1 aromatic rings. The van der Waals surface area contributed by atoms with Crippen LogP contribution in [0.1, 0.15) is 37.4 Å². The lowest BCUT2D eigenvalue weighted by molar-refractivity contribution is -0.137. The first-order valence-corrected chi connectivity index (χ1v) is 8.50. The maximum Gasteiger partial charge on any atom is 0.416 e. The summed E-state index contributed by atoms with van der Waals surface area (Å²) in [5.74, 6) is -0.349. The highest BCUT2D eigenvalue weighted by Gasteiger charge is 2.31. The number of sulfone groups is 1. The van der Waals surface area contributed by atoms with Gasteiger partial charge < -0.3 is 5.73 Å². The van der Waals surface area contributed by atoms with Crippen molar-refractivity contribution in [1.29, 1.82) is 0 Å². The zero-order chi connectivity index (χ0) is 16.3. The van der Waals surface area contributed by atoms with Crippen molar-refractivity contribution < 1.29 is 21.6 Å². The molecule has 2 unspecified atom stereocenters. The first-order chi connectivity index (χ1) is 9.55. The van der Waals surface area contributed by atoms with Crippen LogP contribution in [0.2, 0.25) is 0 Å². The SMILES string of the molecule is CCC(C)CS(=O)(=O)CC(N)c1cccc(C(F)(F)F)c1. The molecule has 0 spiro atoms. The molecule has 2 atom stereocenters. The zero-order valence-electron chi connectivity index (χ0n) is 12.0. The van der Waals surface area contributed by atoms with Gasteiger partial charge in [-0.25, -0.2) is 8.42 Å². The van der Waals surface area contributed by atoms with E-state index in [1.54, 1.807) is 0 Å². The Morgan fingerprint density at radius 2 is 1.86 bits per heavy atom. The smallest absolute Gasteiger partial charge is 0.323 e. The molecule has 0 saturated heterocycles. The average Bonchev–Trinajstić information content (AvgIpc) is 2.36. The third-order valence-corrected chi connectivity index (χ3v) is 5.25. The van der Waals surface area contributed by atoms with E-state index in [4.69, 9.17) is 5.73 Å². The van der Waals surface area contributed by atoms with Crippen molar-refractivity contribution in [2.45, 2.75) is 32.5 Å². The van der Waals surface area contributed by atoms with Crippen molar-refractivity contribution in [3.63, 3.8) is 0 Å². The Labute approximate surface area is 123 Å². The molecular weight excluding hydrogens is 303 g/mol. The van der Waals surface area contributed by atoms with E-state index in [-0.39, 0.29) is 23.0 Å². The van der Waals surface area contributed by atoms with E-state index < -0.39 is 27.6 Å². The van der Waals surface area contributed by atoms with Crippen LogP contribution in [0.5, 0.6) is 0 Å². The molecule has 0 aliphatic rings. The number of halogens is 3. The van der Waals surface area contributed by atoms with Gasteiger partial charge in [-0.15, -0.1) is 0 Å². The second-order valence-corrected chi connectivity index (χ2v) is 7.47. The molecule has 0 aliphatic heterocycles. The van der Waals surface area contributed by atoms with Crippen LogP contribution >= 0.6 is 0 Å². The molecule has 0 saturated carbocycles. The van der Waals surface area contributed by atoms with E-state index in [2.05, 4.69) is 0 Å². The quantitative estimate of drug-likeness (QED) is 0.875. The van der Waals surface area contributed by atoms with Gasteiger partial charge in [0.25, 0.3) is 0 Å². The fourth-order valence-corrected chi connectivity index (χ4v) is 3.91. The highest BCUT2D eigenvalue weighted by Crippen LogP contribution is 2.30. The molecule has 0 amide bonds. The number of rotatable bonds is 6. The molecule has 7 heteroatoms. The molecule has 0 bridgehead atoms. The lowest BCUT2D eigenvalue weighted by Gasteiger charge is -2.16. The highest BCUT2D eigenvalue weighted by atomic mass is 32.2. The fraction of sp³-hybridized carbons (Fsp3) is 0.571. The van der Waals surface area contributed by atoms with Gasteiger partial charge in [-0.05, 0) is 23.6 Å². The largest absolute Gasteiger partial charge is 0.416 e. The van der Waals surface area contributed by atoms with Gasteiger partial charge in [0.15, 0.2) is 9.84 Å². The second kappa shape index (κ2) is 6.79. The molecule has 1 aromatic carbocycles. The Balaban J connectivity index is 2.87. The number of hydrogen-bond acceptors (Lipinski definition) is 3. The fourth-order valence-electron chi connectivity index (χ4n) is 1.93. The maximum absolute atomic E-state index is 12.6. The van der Waals surface area contributed by atoms with Gasteiger partial charge in [-0.3, -0.25) is 0 Å². The predicted octanol–water partition coefficient (Wildman–Crippen LogP) is 3.17. The lowest BCUT2D eigenvalue weighted by atomic mass is 10.1. The molecule has 1 rings (SSSR count). The summed E-state index contributed by atoms with van der Waals surface area (Å²) in [5.41, 5.74) is 5.12. The topological polar surface area (TPSA) is 60.2 Å². The summed E-state index contributed by atoms with van der Waals surface area (Å²) in [6.45, 7) is 3.69. The zero-order valence-corrected chi connectivity index (χ0v) is 12.8. The summed E-state index contributed by atoms with van der Waals surface area (Å²) in [7, 11) is -3.39. The van der Waals surface area contributed by atoms with Crippen molar-refractivity contribution >= 4 is 9.84 Å². The van der Waals surface area contributed by atoms with Gasteiger partial charge in [0.1, 0.15) is 0 Å². The first-order valence-electron chi connectivity index (χ1n) is 6.68. The van der Waals surface area contributed by atoms with Gasteiger partial charge in [-0.1, -0.05) is 32.4 Å². The highest BCUT2D eigenvalue weighted by molar-refractivity contribution is 7.91. The summed E-state index contributed by atoms with van der Waals surface area (Å²) < 4.78 is 61.8. The monoisotopic (exact) mass is 323 g/mol. The minimum absolute atomic E-state index is 0.00343. The Bertz CT molecular complexity index is 570. The predicted molar refractivity (Wildman–Crippen MR) is 76.5 cm³/mol. The molecule has 0 fully saturated rings. The summed E-state index contributed by atoms with van der Waals surface area (Å²) in [5, 5.41) is 0. The molecule has 0 aliphatic carbocycles. The minimum Gasteiger partial charge on any atom is -0.323 e. The molecule has 3 nitrogen and oxygen atoms in total. The summed E-state index contributed by atoms with van der Waals surface area (Å²) in [6.07, 6.45) is -3.75. The lowest BCUT2D eigenvalue weighted by Crippen LogP contribution is -2.26. The molecular formula is C14H20F3NO2S. The van der Waals surface area contributed by atoms with Crippen molar-refractivity contribution in [2.75, 3.05) is 11.5 Å². The summed E-state index contributed by atoms with van der Waals surface area (Å²) in [6, 6.07) is 3.53. The molecule has 120 valence electrons. The van der Waals surface area contributed by atoms with Gasteiger partial charge in [-0.2, -0.15) is 13.2 Å². The van der Waals surface area contributed by atoms with Crippen LogP contribution in [0.4, 0.5) is 13.2 Å². The Kier molecular flexibility index (Phi) is 5.81. The minimum atomic E-state index is -4.47. The van der Waals surface area contributed by atoms with Gasteiger partial charge >= 0.3 is 6.18 Å². The summed E-state index contributed by atoms with van der Waals surface area (Å²) >= 11 is 0. The summed E-state index contributed by atoms with van der Waals surface area (Å²) in [4.78, 5) is 0. The third-order valence-electron chi connectivity index (χ3n) is 3.31. The molecule has 0 aromatic heterocycles. The molecule has 0 heterocycles. The number of hydrogen-bond donors (Lipinski definition) is 1. The van der Waals surface area contributed by atoms with Crippen LogP contribution in [0.15, 0.2) is 24.3 Å². The average molecular weight is 323 g/mol. The Morgan fingerprint density at radius 3 is 2.38 bits per heavy atom. The van der Waals surface area contributed by atoms with E-state index in [9.17, 15) is 21.6 Å². The normalized spacial score (nSPS) is 15.7. The molecule has 2 N–H and O–H groups in total. The van der Waals surface area contributed by atoms with Crippen molar-refractivity contribution in [3.05, 3.63) is 35.4 Å². The first kappa shape index (κ1) is 18.0. The van der Waals surface area contributed by atoms with E-state index in [1.807, 2.05) is 13.8 Å². The standard InChI is InChI=1S/C14H20F3NO2S/c1-3-10(2)8-21(19,20)9-13(18)11-5-4-6-12(7-11)14(15,16)17/h4-7,10,13H,3,8-9,18H2,1-2H3. The van der Waals surface area contributed by atoms with Crippen molar-refractivity contribution in [3.8, 4) is 0 Å². The van der Waals surface area contributed by atoms with E-state index >= 15 is 0 Å². The Morgan fingerprint density at radius 1 is 1.24 bits per heavy atom. The Hall–Kier alpha value is -1.08. The van der Waals surface area contributed by atoms with Crippen LogP contribution in [0.3, 0.4) is 0 Å².